The van der Waals surface area contributed by atoms with Crippen molar-refractivity contribution in [1.82, 2.24) is 5.32 Å². The molecule has 14 heavy (non-hydrogen) atoms. The van der Waals surface area contributed by atoms with E-state index in [2.05, 4.69) is 21.2 Å². The summed E-state index contributed by atoms with van der Waals surface area (Å²) in [7, 11) is 0. The van der Waals surface area contributed by atoms with Gasteiger partial charge in [-0.15, -0.1) is 0 Å². The summed E-state index contributed by atoms with van der Waals surface area (Å²) in [6, 6.07) is 6.66. The molecule has 1 N–H and O–H groups in total. The van der Waals surface area contributed by atoms with Crippen LogP contribution in [0.25, 0.3) is 0 Å². The zero-order valence-electron chi connectivity index (χ0n) is 7.12. The number of carbonyl (C=O) groups is 2. The van der Waals surface area contributed by atoms with Crippen LogP contribution in [-0.2, 0) is 4.79 Å². The van der Waals surface area contributed by atoms with Crippen molar-refractivity contribution in [3.05, 3.63) is 34.3 Å². The molecule has 0 atom stereocenters. The Balaban J connectivity index is 2.65. The Kier molecular flexibility index (Phi) is 3.64. The molecule has 0 radical (unpaired) electrons. The van der Waals surface area contributed by atoms with E-state index in [-0.39, 0.29) is 0 Å². The van der Waals surface area contributed by atoms with Gasteiger partial charge in [-0.2, -0.15) is 0 Å². The average molecular weight is 257 g/mol. The van der Waals surface area contributed by atoms with Gasteiger partial charge in [0.2, 0.25) is 0 Å². The molecule has 5 heteroatoms. The molecule has 0 fully saturated rings. The minimum absolute atomic E-state index is 0.403. The summed E-state index contributed by atoms with van der Waals surface area (Å²) in [4.78, 5) is 21.3. The first kappa shape index (κ1) is 10.7. The van der Waals surface area contributed by atoms with Gasteiger partial charge in [0.1, 0.15) is 0 Å². The summed E-state index contributed by atoms with van der Waals surface area (Å²) in [5.74, 6) is -1.75. The molecular weight excluding hydrogens is 250 g/mol. The van der Waals surface area contributed by atoms with E-state index in [0.29, 0.717) is 5.56 Å². The zero-order valence-corrected chi connectivity index (χ0v) is 8.71. The van der Waals surface area contributed by atoms with Crippen molar-refractivity contribution in [2.45, 2.75) is 0 Å². The van der Waals surface area contributed by atoms with Crippen LogP contribution in [0.1, 0.15) is 10.4 Å². The molecule has 1 rings (SSSR count). The molecule has 0 heterocycles. The summed E-state index contributed by atoms with van der Waals surface area (Å²) < 4.78 is 0.763. The third kappa shape index (κ3) is 3.18. The number of halogens is 1. The van der Waals surface area contributed by atoms with Crippen molar-refractivity contribution in [2.75, 3.05) is 6.54 Å². The van der Waals surface area contributed by atoms with Gasteiger partial charge in [0.05, 0.1) is 12.5 Å². The van der Waals surface area contributed by atoms with Gasteiger partial charge >= 0.3 is 0 Å². The first-order valence-electron chi connectivity index (χ1n) is 3.83. The molecule has 1 aromatic rings. The lowest BCUT2D eigenvalue weighted by Crippen LogP contribution is -2.37. The van der Waals surface area contributed by atoms with Crippen LogP contribution in [0.15, 0.2) is 28.7 Å². The Hall–Kier alpha value is -1.36. The van der Waals surface area contributed by atoms with E-state index >= 15 is 0 Å². The largest absolute Gasteiger partial charge is 0.548 e. The highest BCUT2D eigenvalue weighted by Crippen LogP contribution is 2.11. The number of hydrogen-bond donors (Lipinski definition) is 1. The highest BCUT2D eigenvalue weighted by Gasteiger charge is 2.04. The highest BCUT2D eigenvalue weighted by atomic mass is 79.9. The predicted octanol–water partition coefficient (Wildman–Crippen LogP) is -0.0712. The van der Waals surface area contributed by atoms with E-state index in [9.17, 15) is 14.7 Å². The summed E-state index contributed by atoms with van der Waals surface area (Å²) in [6.07, 6.45) is 0. The van der Waals surface area contributed by atoms with Gasteiger partial charge in [0, 0.05) is 10.0 Å². The van der Waals surface area contributed by atoms with E-state index in [1.807, 2.05) is 0 Å². The molecule has 0 aliphatic heterocycles. The molecular formula is C9H7BrNO3-. The van der Waals surface area contributed by atoms with Crippen LogP contribution in [0, 0.1) is 0 Å². The van der Waals surface area contributed by atoms with Crippen molar-refractivity contribution < 1.29 is 14.7 Å². The smallest absolute Gasteiger partial charge is 0.251 e. The van der Waals surface area contributed by atoms with Crippen LogP contribution in [0.3, 0.4) is 0 Å². The number of rotatable bonds is 3. The first-order valence-corrected chi connectivity index (χ1v) is 4.62. The summed E-state index contributed by atoms with van der Waals surface area (Å²) in [5, 5.41) is 12.3. The Morgan fingerprint density at radius 3 is 2.71 bits per heavy atom. The summed E-state index contributed by atoms with van der Waals surface area (Å²) >= 11 is 3.20. The standard InChI is InChI=1S/C9H8BrNO3/c10-7-3-1-2-6(4-7)9(14)11-5-8(12)13/h1-4H,5H2,(H,11,14)(H,12,13)/p-1. The molecule has 0 bridgehead atoms. The fraction of sp³-hybridized carbons (Fsp3) is 0.111. The maximum absolute atomic E-state index is 11.3. The van der Waals surface area contributed by atoms with Crippen molar-refractivity contribution in [3.8, 4) is 0 Å². The van der Waals surface area contributed by atoms with E-state index in [4.69, 9.17) is 0 Å². The topological polar surface area (TPSA) is 69.2 Å². The fourth-order valence-corrected chi connectivity index (χ4v) is 1.28. The molecule has 1 aromatic carbocycles. The molecule has 4 nitrogen and oxygen atoms in total. The number of benzene rings is 1. The molecule has 0 saturated heterocycles. The van der Waals surface area contributed by atoms with Crippen LogP contribution in [-0.4, -0.2) is 18.4 Å². The number of amides is 1. The Labute approximate surface area is 89.1 Å². The minimum Gasteiger partial charge on any atom is -0.548 e. The SMILES string of the molecule is O=C([O-])CNC(=O)c1cccc(Br)c1. The third-order valence-electron chi connectivity index (χ3n) is 1.48. The van der Waals surface area contributed by atoms with E-state index in [1.165, 1.54) is 0 Å². The van der Waals surface area contributed by atoms with Crippen LogP contribution in [0.2, 0.25) is 0 Å². The van der Waals surface area contributed by atoms with Crippen molar-refractivity contribution in [1.29, 1.82) is 0 Å². The number of nitrogens with one attached hydrogen (secondary N) is 1. The van der Waals surface area contributed by atoms with Crippen molar-refractivity contribution >= 4 is 27.8 Å². The quantitative estimate of drug-likeness (QED) is 0.823. The van der Waals surface area contributed by atoms with Crippen LogP contribution < -0.4 is 10.4 Å². The van der Waals surface area contributed by atoms with Crippen molar-refractivity contribution in [2.24, 2.45) is 0 Å². The maximum Gasteiger partial charge on any atom is 0.251 e. The predicted molar refractivity (Wildman–Crippen MR) is 51.5 cm³/mol. The zero-order chi connectivity index (χ0) is 10.6. The van der Waals surface area contributed by atoms with Gasteiger partial charge in [0.15, 0.2) is 0 Å². The molecule has 0 spiro atoms. The monoisotopic (exact) mass is 256 g/mol. The molecule has 0 aromatic heterocycles. The second kappa shape index (κ2) is 4.76. The molecule has 0 saturated carbocycles. The minimum atomic E-state index is -1.31. The van der Waals surface area contributed by atoms with Gasteiger partial charge in [0.25, 0.3) is 5.91 Å². The normalized spacial score (nSPS) is 9.50. The van der Waals surface area contributed by atoms with Gasteiger partial charge in [-0.3, -0.25) is 4.79 Å². The van der Waals surface area contributed by atoms with Crippen LogP contribution in [0.4, 0.5) is 0 Å². The Morgan fingerprint density at radius 1 is 1.43 bits per heavy atom. The van der Waals surface area contributed by atoms with Crippen LogP contribution >= 0.6 is 15.9 Å². The summed E-state index contributed by atoms with van der Waals surface area (Å²) in [5.41, 5.74) is 0.403. The Bertz CT molecular complexity index is 365. The lowest BCUT2D eigenvalue weighted by Gasteiger charge is -2.05. The lowest BCUT2D eigenvalue weighted by atomic mass is 10.2. The van der Waals surface area contributed by atoms with Gasteiger partial charge in [-0.05, 0) is 18.2 Å². The first-order chi connectivity index (χ1) is 6.59. The third-order valence-corrected chi connectivity index (χ3v) is 1.97. The van der Waals surface area contributed by atoms with Gasteiger partial charge in [-0.25, -0.2) is 0 Å². The number of carboxylic acids is 1. The molecule has 0 aliphatic rings. The second-order valence-corrected chi connectivity index (χ2v) is 3.48. The summed E-state index contributed by atoms with van der Waals surface area (Å²) in [6.45, 7) is -0.481. The number of carboxylic acid groups (broad SMARTS) is 1. The number of aliphatic carboxylic acids is 1. The second-order valence-electron chi connectivity index (χ2n) is 2.57. The molecule has 1 amide bonds. The fourth-order valence-electron chi connectivity index (χ4n) is 0.884. The van der Waals surface area contributed by atoms with Crippen molar-refractivity contribution in [3.63, 3.8) is 0 Å². The number of carbonyl (C=O) groups excluding carboxylic acids is 2. The lowest BCUT2D eigenvalue weighted by molar-refractivity contribution is -0.303. The molecule has 0 aliphatic carbocycles. The maximum atomic E-state index is 11.3. The highest BCUT2D eigenvalue weighted by molar-refractivity contribution is 9.10. The molecule has 0 unspecified atom stereocenters. The van der Waals surface area contributed by atoms with E-state index in [1.54, 1.807) is 24.3 Å². The Morgan fingerprint density at radius 2 is 2.14 bits per heavy atom. The number of hydrogen-bond acceptors (Lipinski definition) is 3. The van der Waals surface area contributed by atoms with Gasteiger partial charge in [-0.1, -0.05) is 22.0 Å². The van der Waals surface area contributed by atoms with E-state index in [0.717, 1.165) is 4.47 Å². The average Bonchev–Trinajstić information content (AvgIpc) is 2.14. The van der Waals surface area contributed by atoms with Crippen LogP contribution in [0.5, 0.6) is 0 Å². The molecule has 74 valence electrons. The van der Waals surface area contributed by atoms with Gasteiger partial charge < -0.3 is 15.2 Å². The van der Waals surface area contributed by atoms with E-state index < -0.39 is 18.4 Å².